The molecule has 0 amide bonds. The Kier molecular flexibility index (Phi) is 3.16. The second-order valence-corrected chi connectivity index (χ2v) is 2.99. The second kappa shape index (κ2) is 3.94. The molecule has 1 aliphatic heterocycles. The highest BCUT2D eigenvalue weighted by Gasteiger charge is 2.15. The molecule has 0 aromatic rings. The van der Waals surface area contributed by atoms with Crippen molar-refractivity contribution in [2.75, 3.05) is 13.1 Å². The summed E-state index contributed by atoms with van der Waals surface area (Å²) in [5, 5.41) is 9.41. The molecule has 1 atom stereocenters. The van der Waals surface area contributed by atoms with Crippen molar-refractivity contribution in [1.82, 2.24) is 4.90 Å². The Morgan fingerprint density at radius 1 is 1.30 bits per heavy atom. The predicted octanol–water partition coefficient (Wildman–Crippen LogP) is 1.20. The van der Waals surface area contributed by atoms with Crippen LogP contribution >= 0.6 is 0 Å². The third kappa shape index (κ3) is 1.96. The maximum Gasteiger partial charge on any atom is 0.107 e. The van der Waals surface area contributed by atoms with Crippen LogP contribution in [0.4, 0.5) is 0 Å². The normalized spacial score (nSPS) is 24.6. The molecule has 0 unspecified atom stereocenters. The summed E-state index contributed by atoms with van der Waals surface area (Å²) >= 11 is 0. The van der Waals surface area contributed by atoms with Crippen LogP contribution in [-0.2, 0) is 0 Å². The lowest BCUT2D eigenvalue weighted by atomic mass is 10.1. The molecule has 0 bridgehead atoms. The number of hydrogen-bond acceptors (Lipinski definition) is 2. The minimum Gasteiger partial charge on any atom is -0.378 e. The minimum absolute atomic E-state index is 0.180. The summed E-state index contributed by atoms with van der Waals surface area (Å²) in [6.07, 6.45) is 4.54. The van der Waals surface area contributed by atoms with Crippen LogP contribution in [-0.4, -0.2) is 29.3 Å². The van der Waals surface area contributed by atoms with E-state index in [1.54, 1.807) is 0 Å². The molecule has 1 rings (SSSR count). The van der Waals surface area contributed by atoms with Crippen molar-refractivity contribution < 1.29 is 5.11 Å². The second-order valence-electron chi connectivity index (χ2n) is 2.99. The van der Waals surface area contributed by atoms with Gasteiger partial charge in [-0.15, -0.1) is 0 Å². The maximum absolute atomic E-state index is 9.41. The third-order valence-electron chi connectivity index (χ3n) is 2.18. The molecule has 0 aromatic heterocycles. The van der Waals surface area contributed by atoms with Gasteiger partial charge in [0.05, 0.1) is 0 Å². The summed E-state index contributed by atoms with van der Waals surface area (Å²) in [6, 6.07) is 0. The monoisotopic (exact) mass is 143 g/mol. The third-order valence-corrected chi connectivity index (χ3v) is 2.18. The van der Waals surface area contributed by atoms with Gasteiger partial charge in [-0.1, -0.05) is 13.3 Å². The minimum atomic E-state index is -0.180. The topological polar surface area (TPSA) is 23.5 Å². The standard InChI is InChI=1S/C8H17NO/c1-2-8(10)9-6-4-3-5-7-9/h8,10H,2-7H2,1H3/t8-/m0/s1. The van der Waals surface area contributed by atoms with Gasteiger partial charge in [-0.2, -0.15) is 0 Å². The average Bonchev–Trinajstić information content (AvgIpc) is 2.05. The Bertz CT molecular complexity index is 89.3. The van der Waals surface area contributed by atoms with Crippen LogP contribution in [0.15, 0.2) is 0 Å². The molecule has 10 heavy (non-hydrogen) atoms. The van der Waals surface area contributed by atoms with Gasteiger partial charge in [-0.25, -0.2) is 0 Å². The smallest absolute Gasteiger partial charge is 0.107 e. The molecule has 1 saturated heterocycles. The summed E-state index contributed by atoms with van der Waals surface area (Å²) in [6.45, 7) is 4.21. The summed E-state index contributed by atoms with van der Waals surface area (Å²) in [5.74, 6) is 0. The van der Waals surface area contributed by atoms with Gasteiger partial charge in [0.25, 0.3) is 0 Å². The maximum atomic E-state index is 9.41. The summed E-state index contributed by atoms with van der Waals surface area (Å²) in [7, 11) is 0. The van der Waals surface area contributed by atoms with Gasteiger partial charge in [-0.05, 0) is 19.3 Å². The molecule has 0 saturated carbocycles. The SMILES string of the molecule is CC[C@H](O)N1CCCCC1. The van der Waals surface area contributed by atoms with Crippen LogP contribution in [0, 0.1) is 0 Å². The van der Waals surface area contributed by atoms with Crippen molar-refractivity contribution in [2.24, 2.45) is 0 Å². The van der Waals surface area contributed by atoms with E-state index in [-0.39, 0.29) is 6.23 Å². The molecular formula is C8H17NO. The summed E-state index contributed by atoms with van der Waals surface area (Å²) in [5.41, 5.74) is 0. The number of aliphatic hydroxyl groups excluding tert-OH is 1. The number of piperidine rings is 1. The lowest BCUT2D eigenvalue weighted by Gasteiger charge is -2.30. The van der Waals surface area contributed by atoms with E-state index < -0.39 is 0 Å². The largest absolute Gasteiger partial charge is 0.378 e. The first kappa shape index (κ1) is 8.02. The fraction of sp³-hybridized carbons (Fsp3) is 1.00. The van der Waals surface area contributed by atoms with E-state index in [1.807, 2.05) is 6.92 Å². The highest BCUT2D eigenvalue weighted by Crippen LogP contribution is 2.11. The van der Waals surface area contributed by atoms with E-state index >= 15 is 0 Å². The molecule has 0 spiro atoms. The van der Waals surface area contributed by atoms with Crippen molar-refractivity contribution in [2.45, 2.75) is 38.8 Å². The van der Waals surface area contributed by atoms with Gasteiger partial charge in [0, 0.05) is 13.1 Å². The molecule has 0 radical (unpaired) electrons. The van der Waals surface area contributed by atoms with Gasteiger partial charge in [-0.3, -0.25) is 4.90 Å². The Balaban J connectivity index is 2.24. The first-order valence-electron chi connectivity index (χ1n) is 4.26. The summed E-state index contributed by atoms with van der Waals surface area (Å²) in [4.78, 5) is 2.17. The van der Waals surface area contributed by atoms with Crippen LogP contribution in [0.3, 0.4) is 0 Å². The van der Waals surface area contributed by atoms with Gasteiger partial charge in [0.1, 0.15) is 6.23 Å². The molecule has 2 nitrogen and oxygen atoms in total. The number of aliphatic hydroxyl groups is 1. The molecule has 0 aliphatic carbocycles. The van der Waals surface area contributed by atoms with Crippen molar-refractivity contribution in [3.8, 4) is 0 Å². The Morgan fingerprint density at radius 2 is 1.90 bits per heavy atom. The molecule has 1 aliphatic rings. The van der Waals surface area contributed by atoms with Gasteiger partial charge < -0.3 is 5.11 Å². The van der Waals surface area contributed by atoms with Crippen LogP contribution < -0.4 is 0 Å². The van der Waals surface area contributed by atoms with Crippen LogP contribution in [0.1, 0.15) is 32.6 Å². The van der Waals surface area contributed by atoms with E-state index in [0.29, 0.717) is 0 Å². The lowest BCUT2D eigenvalue weighted by Crippen LogP contribution is -2.38. The molecule has 60 valence electrons. The fourth-order valence-corrected chi connectivity index (χ4v) is 1.47. The zero-order chi connectivity index (χ0) is 7.40. The predicted molar refractivity (Wildman–Crippen MR) is 41.7 cm³/mol. The first-order valence-corrected chi connectivity index (χ1v) is 4.26. The number of hydrogen-bond donors (Lipinski definition) is 1. The average molecular weight is 143 g/mol. The molecule has 1 heterocycles. The van der Waals surface area contributed by atoms with Crippen molar-refractivity contribution in [3.63, 3.8) is 0 Å². The number of likely N-dealkylation sites (tertiary alicyclic amines) is 1. The Labute approximate surface area is 62.8 Å². The van der Waals surface area contributed by atoms with Crippen molar-refractivity contribution in [1.29, 1.82) is 0 Å². The van der Waals surface area contributed by atoms with E-state index in [4.69, 9.17) is 0 Å². The number of nitrogens with zero attached hydrogens (tertiary/aromatic N) is 1. The van der Waals surface area contributed by atoms with E-state index in [2.05, 4.69) is 4.90 Å². The van der Waals surface area contributed by atoms with Gasteiger partial charge in [0.15, 0.2) is 0 Å². The van der Waals surface area contributed by atoms with Crippen molar-refractivity contribution in [3.05, 3.63) is 0 Å². The van der Waals surface area contributed by atoms with Crippen LogP contribution in [0.2, 0.25) is 0 Å². The highest BCUT2D eigenvalue weighted by molar-refractivity contribution is 4.65. The first-order chi connectivity index (χ1) is 4.84. The van der Waals surface area contributed by atoms with Crippen molar-refractivity contribution >= 4 is 0 Å². The molecule has 2 heteroatoms. The summed E-state index contributed by atoms with van der Waals surface area (Å²) < 4.78 is 0. The zero-order valence-electron chi connectivity index (χ0n) is 6.71. The van der Waals surface area contributed by atoms with Crippen LogP contribution in [0.25, 0.3) is 0 Å². The Hall–Kier alpha value is -0.0800. The van der Waals surface area contributed by atoms with Gasteiger partial charge in [0.2, 0.25) is 0 Å². The fourth-order valence-electron chi connectivity index (χ4n) is 1.47. The molecule has 0 aromatic carbocycles. The highest BCUT2D eigenvalue weighted by atomic mass is 16.3. The molecular weight excluding hydrogens is 126 g/mol. The van der Waals surface area contributed by atoms with E-state index in [9.17, 15) is 5.11 Å². The molecule has 1 fully saturated rings. The molecule has 1 N–H and O–H groups in total. The van der Waals surface area contributed by atoms with E-state index in [0.717, 1.165) is 19.5 Å². The Morgan fingerprint density at radius 3 is 2.40 bits per heavy atom. The quantitative estimate of drug-likeness (QED) is 0.628. The number of rotatable bonds is 2. The zero-order valence-corrected chi connectivity index (χ0v) is 6.71. The lowest BCUT2D eigenvalue weighted by molar-refractivity contribution is -0.00986. The van der Waals surface area contributed by atoms with Crippen LogP contribution in [0.5, 0.6) is 0 Å². The van der Waals surface area contributed by atoms with E-state index in [1.165, 1.54) is 19.3 Å². The van der Waals surface area contributed by atoms with Gasteiger partial charge >= 0.3 is 0 Å².